The fourth-order valence-electron chi connectivity index (χ4n) is 2.23. The molecule has 6 nitrogen and oxygen atoms in total. The van der Waals surface area contributed by atoms with Gasteiger partial charge in [-0.2, -0.15) is 10.1 Å². The lowest BCUT2D eigenvalue weighted by Crippen LogP contribution is -2.13. The van der Waals surface area contributed by atoms with Gasteiger partial charge in [-0.25, -0.2) is 0 Å². The molecule has 0 bridgehead atoms. The highest BCUT2D eigenvalue weighted by atomic mass is 16.3. The molecular formula is C15H14N4O2. The lowest BCUT2D eigenvalue weighted by molar-refractivity contribution is 0.454. The second kappa shape index (κ2) is 5.24. The van der Waals surface area contributed by atoms with Crippen molar-refractivity contribution in [2.75, 3.05) is 0 Å². The van der Waals surface area contributed by atoms with Gasteiger partial charge in [-0.3, -0.25) is 9.48 Å². The summed E-state index contributed by atoms with van der Waals surface area (Å²) in [5.74, 6) is 0.0142. The molecule has 2 N–H and O–H groups in total. The number of rotatable bonds is 3. The molecular weight excluding hydrogens is 268 g/mol. The molecule has 3 aromatic rings. The number of hydrogen-bond donors (Lipinski definition) is 2. The summed E-state index contributed by atoms with van der Waals surface area (Å²) in [6.07, 6.45) is 1.63. The van der Waals surface area contributed by atoms with Crippen LogP contribution in [0.25, 0.3) is 22.6 Å². The van der Waals surface area contributed by atoms with Crippen LogP contribution in [-0.4, -0.2) is 24.9 Å². The van der Waals surface area contributed by atoms with E-state index in [4.69, 9.17) is 0 Å². The lowest BCUT2D eigenvalue weighted by atomic mass is 10.1. The molecule has 0 saturated carbocycles. The van der Waals surface area contributed by atoms with E-state index in [-0.39, 0.29) is 17.0 Å². The van der Waals surface area contributed by atoms with E-state index in [1.807, 2.05) is 13.0 Å². The van der Waals surface area contributed by atoms with Gasteiger partial charge in [0.1, 0.15) is 11.3 Å². The summed E-state index contributed by atoms with van der Waals surface area (Å²) in [6.45, 7) is 2.58. The number of H-pyrrole nitrogens is 1. The second-order valence-electron chi connectivity index (χ2n) is 4.51. The Morgan fingerprint density at radius 2 is 2.00 bits per heavy atom. The Morgan fingerprint density at radius 3 is 2.67 bits per heavy atom. The second-order valence-corrected chi connectivity index (χ2v) is 4.51. The normalized spacial score (nSPS) is 10.7. The molecule has 0 radical (unpaired) electrons. The summed E-state index contributed by atoms with van der Waals surface area (Å²) >= 11 is 0. The Hall–Kier alpha value is -2.89. The quantitative estimate of drug-likeness (QED) is 0.769. The molecule has 1 aromatic carbocycles. The number of nitrogens with one attached hydrogen (secondary N) is 1. The van der Waals surface area contributed by atoms with Crippen molar-refractivity contribution in [3.8, 4) is 28.5 Å². The van der Waals surface area contributed by atoms with E-state index >= 15 is 0 Å². The predicted molar refractivity (Wildman–Crippen MR) is 78.9 cm³/mol. The van der Waals surface area contributed by atoms with E-state index in [1.165, 1.54) is 0 Å². The molecule has 0 aliphatic rings. The minimum atomic E-state index is -0.382. The smallest absolute Gasteiger partial charge is 0.262 e. The molecule has 2 aromatic heterocycles. The maximum Gasteiger partial charge on any atom is 0.262 e. The van der Waals surface area contributed by atoms with Crippen molar-refractivity contribution in [2.45, 2.75) is 13.5 Å². The first kappa shape index (κ1) is 13.1. The number of benzene rings is 1. The van der Waals surface area contributed by atoms with Crippen LogP contribution in [0.1, 0.15) is 6.92 Å². The van der Waals surface area contributed by atoms with Gasteiger partial charge in [-0.15, -0.1) is 0 Å². The van der Waals surface area contributed by atoms with Crippen LogP contribution in [0.2, 0.25) is 0 Å². The minimum Gasteiger partial charge on any atom is -0.493 e. The first-order chi connectivity index (χ1) is 10.2. The number of aryl methyl sites for hydroxylation is 1. The van der Waals surface area contributed by atoms with Crippen molar-refractivity contribution in [1.29, 1.82) is 0 Å². The van der Waals surface area contributed by atoms with Gasteiger partial charge >= 0.3 is 0 Å². The van der Waals surface area contributed by atoms with Crippen LogP contribution < -0.4 is 5.56 Å². The Morgan fingerprint density at radius 1 is 1.24 bits per heavy atom. The number of aromatic nitrogens is 4. The molecule has 0 unspecified atom stereocenters. The van der Waals surface area contributed by atoms with Gasteiger partial charge in [0.25, 0.3) is 5.56 Å². The van der Waals surface area contributed by atoms with E-state index in [2.05, 4.69) is 15.1 Å². The third-order valence-corrected chi connectivity index (χ3v) is 3.22. The van der Waals surface area contributed by atoms with Gasteiger partial charge in [-0.05, 0) is 18.6 Å². The Balaban J connectivity index is 2.15. The van der Waals surface area contributed by atoms with E-state index in [9.17, 15) is 9.90 Å². The molecule has 106 valence electrons. The third kappa shape index (κ3) is 2.31. The predicted octanol–water partition coefficient (Wildman–Crippen LogP) is 2.03. The van der Waals surface area contributed by atoms with Gasteiger partial charge in [0.05, 0.1) is 0 Å². The van der Waals surface area contributed by atoms with Crippen molar-refractivity contribution in [3.05, 3.63) is 52.9 Å². The molecule has 6 heteroatoms. The van der Waals surface area contributed by atoms with Crippen molar-refractivity contribution in [2.24, 2.45) is 0 Å². The highest BCUT2D eigenvalue weighted by molar-refractivity contribution is 5.68. The van der Waals surface area contributed by atoms with Gasteiger partial charge in [0, 0.05) is 12.7 Å². The van der Waals surface area contributed by atoms with E-state index in [0.29, 0.717) is 23.6 Å². The molecule has 0 amide bonds. The molecule has 0 spiro atoms. The molecule has 0 aliphatic heterocycles. The molecule has 0 fully saturated rings. The van der Waals surface area contributed by atoms with Crippen LogP contribution in [-0.2, 0) is 6.54 Å². The highest BCUT2D eigenvalue weighted by Gasteiger charge is 2.15. The molecule has 0 aliphatic carbocycles. The zero-order chi connectivity index (χ0) is 14.8. The Bertz CT molecular complexity index is 821. The van der Waals surface area contributed by atoms with Crippen LogP contribution in [0.5, 0.6) is 5.88 Å². The van der Waals surface area contributed by atoms with Gasteiger partial charge in [0.2, 0.25) is 5.88 Å². The first-order valence-electron chi connectivity index (χ1n) is 6.61. The summed E-state index contributed by atoms with van der Waals surface area (Å²) in [5.41, 5.74) is 1.07. The number of hydrogen-bond acceptors (Lipinski definition) is 4. The zero-order valence-corrected chi connectivity index (χ0v) is 11.4. The topological polar surface area (TPSA) is 83.8 Å². The number of aromatic hydroxyl groups is 1. The minimum absolute atomic E-state index is 0.168. The summed E-state index contributed by atoms with van der Waals surface area (Å²) < 4.78 is 1.69. The number of nitrogens with zero attached hydrogens (tertiary/aromatic N) is 3. The molecule has 21 heavy (non-hydrogen) atoms. The Kier molecular flexibility index (Phi) is 3.27. The SMILES string of the molecule is CCn1nccc1-c1nc(O)c(-c2ccccc2)c(=O)[nH]1. The fourth-order valence-corrected chi connectivity index (χ4v) is 2.23. The lowest BCUT2D eigenvalue weighted by Gasteiger charge is -2.07. The van der Waals surface area contributed by atoms with Crippen LogP contribution in [0.15, 0.2) is 47.4 Å². The third-order valence-electron chi connectivity index (χ3n) is 3.22. The van der Waals surface area contributed by atoms with Crippen LogP contribution in [0.3, 0.4) is 0 Å². The van der Waals surface area contributed by atoms with E-state index < -0.39 is 0 Å². The van der Waals surface area contributed by atoms with E-state index in [1.54, 1.807) is 41.2 Å². The summed E-state index contributed by atoms with van der Waals surface area (Å²) in [7, 11) is 0. The van der Waals surface area contributed by atoms with E-state index in [0.717, 1.165) is 0 Å². The van der Waals surface area contributed by atoms with Crippen LogP contribution in [0, 0.1) is 0 Å². The standard InChI is InChI=1S/C15H14N4O2/c1-2-19-11(8-9-16-19)13-17-14(20)12(15(21)18-13)10-6-4-3-5-7-10/h3-9H,2H2,1H3,(H2,17,18,20,21). The molecule has 0 atom stereocenters. The molecule has 2 heterocycles. The average Bonchev–Trinajstić information content (AvgIpc) is 2.96. The Labute approximate surface area is 120 Å². The van der Waals surface area contributed by atoms with Gasteiger partial charge in [0.15, 0.2) is 5.82 Å². The number of aromatic amines is 1. The van der Waals surface area contributed by atoms with Crippen LogP contribution >= 0.6 is 0 Å². The van der Waals surface area contributed by atoms with Crippen molar-refractivity contribution in [3.63, 3.8) is 0 Å². The van der Waals surface area contributed by atoms with Crippen molar-refractivity contribution < 1.29 is 5.11 Å². The molecule has 0 saturated heterocycles. The summed E-state index contributed by atoms with van der Waals surface area (Å²) in [4.78, 5) is 19.1. The van der Waals surface area contributed by atoms with Crippen molar-refractivity contribution >= 4 is 0 Å². The zero-order valence-electron chi connectivity index (χ0n) is 11.4. The maximum atomic E-state index is 12.3. The van der Waals surface area contributed by atoms with Crippen molar-refractivity contribution in [1.82, 2.24) is 19.7 Å². The average molecular weight is 282 g/mol. The maximum absolute atomic E-state index is 12.3. The first-order valence-corrected chi connectivity index (χ1v) is 6.61. The summed E-state index contributed by atoms with van der Waals surface area (Å²) in [5, 5.41) is 14.3. The fraction of sp³-hybridized carbons (Fsp3) is 0.133. The largest absolute Gasteiger partial charge is 0.493 e. The highest BCUT2D eigenvalue weighted by Crippen LogP contribution is 2.25. The van der Waals surface area contributed by atoms with Gasteiger partial charge < -0.3 is 10.1 Å². The van der Waals surface area contributed by atoms with Gasteiger partial charge in [-0.1, -0.05) is 30.3 Å². The summed E-state index contributed by atoms with van der Waals surface area (Å²) in [6, 6.07) is 10.7. The monoisotopic (exact) mass is 282 g/mol. The van der Waals surface area contributed by atoms with Crippen LogP contribution in [0.4, 0.5) is 0 Å². The molecule has 3 rings (SSSR count).